The predicted molar refractivity (Wildman–Crippen MR) is 176 cm³/mol. The van der Waals surface area contributed by atoms with E-state index in [9.17, 15) is 18.0 Å². The molecular weight excluding hydrogens is 577 g/mol. The van der Waals surface area contributed by atoms with Crippen molar-refractivity contribution >= 4 is 16.9 Å². The Balaban J connectivity index is 1.89. The van der Waals surface area contributed by atoms with Gasteiger partial charge in [0.2, 0.25) is 0 Å². The molecular formula is C38H53F3O4. The van der Waals surface area contributed by atoms with Gasteiger partial charge in [-0.05, 0) is 98.6 Å². The number of furan rings is 1. The summed E-state index contributed by atoms with van der Waals surface area (Å²) < 4.78 is 57.0. The average molecular weight is 631 g/mol. The predicted octanol–water partition coefficient (Wildman–Crippen LogP) is 11.8. The summed E-state index contributed by atoms with van der Waals surface area (Å²) in [6.07, 6.45) is 0.0549. The first-order valence-corrected chi connectivity index (χ1v) is 16.2. The van der Waals surface area contributed by atoms with E-state index in [0.717, 1.165) is 35.8 Å². The third-order valence-electron chi connectivity index (χ3n) is 8.78. The van der Waals surface area contributed by atoms with Gasteiger partial charge in [0.25, 0.3) is 0 Å². The van der Waals surface area contributed by atoms with E-state index in [2.05, 4.69) is 60.1 Å². The van der Waals surface area contributed by atoms with Crippen LogP contribution in [-0.2, 0) is 21.4 Å². The Morgan fingerprint density at radius 3 is 2.11 bits per heavy atom. The highest BCUT2D eigenvalue weighted by atomic mass is 19.4. The molecule has 0 fully saturated rings. The number of hydrogen-bond donors (Lipinski definition) is 0. The molecule has 250 valence electrons. The Morgan fingerprint density at radius 1 is 0.867 bits per heavy atom. The molecule has 0 saturated carbocycles. The molecule has 4 nitrogen and oxygen atoms in total. The van der Waals surface area contributed by atoms with Crippen molar-refractivity contribution in [3.63, 3.8) is 0 Å². The molecule has 0 aliphatic heterocycles. The van der Waals surface area contributed by atoms with Gasteiger partial charge in [0, 0.05) is 5.39 Å². The van der Waals surface area contributed by atoms with Crippen LogP contribution in [0.15, 0.2) is 46.9 Å². The van der Waals surface area contributed by atoms with Crippen LogP contribution in [0.4, 0.5) is 13.2 Å². The summed E-state index contributed by atoms with van der Waals surface area (Å²) in [6, 6.07) is 12.5. The standard InChI is InChI=1S/C38H53F3O4/c1-12-13-14-15-26-16-19-29(32(20-26)44-38(39,40)41)31-21-27-17-18-28(22-30(27)43-31)35(7,8)24-36(9,10)45-33(42)37(11,25(2)3)23-34(4,5)6/h16-22,25H,12-15,23-24H2,1-11H3. The zero-order chi connectivity index (χ0) is 34.0. The van der Waals surface area contributed by atoms with Crippen LogP contribution < -0.4 is 4.74 Å². The van der Waals surface area contributed by atoms with Crippen molar-refractivity contribution < 1.29 is 31.9 Å². The van der Waals surface area contributed by atoms with Crippen LogP contribution in [0.3, 0.4) is 0 Å². The van der Waals surface area contributed by atoms with Gasteiger partial charge < -0.3 is 13.9 Å². The SMILES string of the molecule is CCCCCc1ccc(-c2cc3ccc(C(C)(C)CC(C)(C)OC(=O)C(C)(CC(C)(C)C)C(C)C)cc3o2)c(OC(F)(F)F)c1. The maximum Gasteiger partial charge on any atom is 0.573 e. The van der Waals surface area contributed by atoms with E-state index in [4.69, 9.17) is 9.15 Å². The third kappa shape index (κ3) is 9.76. The number of ether oxygens (including phenoxy) is 2. The summed E-state index contributed by atoms with van der Waals surface area (Å²) in [5.74, 6) is -0.0320. The van der Waals surface area contributed by atoms with Gasteiger partial charge in [-0.1, -0.05) is 86.4 Å². The molecule has 1 aromatic heterocycles. The molecule has 7 heteroatoms. The molecule has 0 spiro atoms. The summed E-state index contributed by atoms with van der Waals surface area (Å²) in [7, 11) is 0. The Kier molecular flexibility index (Phi) is 10.9. The molecule has 0 bridgehead atoms. The van der Waals surface area contributed by atoms with Gasteiger partial charge in [-0.15, -0.1) is 13.2 Å². The van der Waals surface area contributed by atoms with Crippen LogP contribution in [0.2, 0.25) is 0 Å². The van der Waals surface area contributed by atoms with Crippen molar-refractivity contribution in [2.75, 3.05) is 0 Å². The van der Waals surface area contributed by atoms with Crippen LogP contribution in [0.25, 0.3) is 22.3 Å². The van der Waals surface area contributed by atoms with Crippen molar-refractivity contribution in [3.05, 3.63) is 53.6 Å². The van der Waals surface area contributed by atoms with Crippen LogP contribution in [0, 0.1) is 16.7 Å². The number of hydrogen-bond acceptors (Lipinski definition) is 4. The first-order valence-electron chi connectivity index (χ1n) is 16.2. The molecule has 1 unspecified atom stereocenters. The topological polar surface area (TPSA) is 48.7 Å². The lowest BCUT2D eigenvalue weighted by molar-refractivity contribution is -0.274. The first kappa shape index (κ1) is 36.5. The lowest BCUT2D eigenvalue weighted by atomic mass is 9.68. The van der Waals surface area contributed by atoms with Gasteiger partial charge in [0.15, 0.2) is 0 Å². The quantitative estimate of drug-likeness (QED) is 0.139. The highest BCUT2D eigenvalue weighted by Gasteiger charge is 2.44. The molecule has 0 radical (unpaired) electrons. The highest BCUT2D eigenvalue weighted by Crippen LogP contribution is 2.44. The third-order valence-corrected chi connectivity index (χ3v) is 8.78. The van der Waals surface area contributed by atoms with Crippen LogP contribution >= 0.6 is 0 Å². The number of alkyl halides is 3. The lowest BCUT2D eigenvalue weighted by Crippen LogP contribution is -2.44. The number of carbonyl (C=O) groups is 1. The van der Waals surface area contributed by atoms with E-state index in [1.807, 2.05) is 45.0 Å². The zero-order valence-electron chi connectivity index (χ0n) is 29.1. The Bertz CT molecular complexity index is 1460. The second kappa shape index (κ2) is 13.4. The van der Waals surface area contributed by atoms with Crippen molar-refractivity contribution in [1.29, 1.82) is 0 Å². The lowest BCUT2D eigenvalue weighted by Gasteiger charge is -2.41. The maximum absolute atomic E-state index is 13.6. The molecule has 0 N–H and O–H groups in total. The molecule has 45 heavy (non-hydrogen) atoms. The van der Waals surface area contributed by atoms with Gasteiger partial charge in [-0.25, -0.2) is 0 Å². The summed E-state index contributed by atoms with van der Waals surface area (Å²) >= 11 is 0. The minimum atomic E-state index is -4.82. The normalized spacial score (nSPS) is 14.6. The summed E-state index contributed by atoms with van der Waals surface area (Å²) in [6.45, 7) is 22.7. The molecule has 3 aromatic rings. The van der Waals surface area contributed by atoms with Gasteiger partial charge in [0.1, 0.15) is 22.7 Å². The average Bonchev–Trinajstić information content (AvgIpc) is 3.29. The number of esters is 1. The number of unbranched alkanes of at least 4 members (excludes halogenated alkanes) is 2. The van der Waals surface area contributed by atoms with Gasteiger partial charge >= 0.3 is 12.3 Å². The number of halogens is 3. The highest BCUT2D eigenvalue weighted by molar-refractivity contribution is 5.85. The maximum atomic E-state index is 13.6. The van der Waals surface area contributed by atoms with Crippen molar-refractivity contribution in [3.8, 4) is 17.1 Å². The summed E-state index contributed by atoms with van der Waals surface area (Å²) in [4.78, 5) is 13.6. The number of aryl methyl sites for hydroxylation is 1. The number of rotatable bonds is 13. The van der Waals surface area contributed by atoms with Crippen LogP contribution in [0.5, 0.6) is 5.75 Å². The molecule has 0 aliphatic rings. The fourth-order valence-corrected chi connectivity index (χ4v) is 6.48. The number of carbonyl (C=O) groups excluding carboxylic acids is 1. The smallest absolute Gasteiger partial charge is 0.459 e. The number of benzene rings is 2. The monoisotopic (exact) mass is 630 g/mol. The van der Waals surface area contributed by atoms with Gasteiger partial charge in [-0.3, -0.25) is 4.79 Å². The Hall–Kier alpha value is -2.96. The van der Waals surface area contributed by atoms with E-state index in [1.54, 1.807) is 12.1 Å². The van der Waals surface area contributed by atoms with Gasteiger partial charge in [0.05, 0.1) is 11.0 Å². The van der Waals surface area contributed by atoms with E-state index in [1.165, 1.54) is 6.07 Å². The summed E-state index contributed by atoms with van der Waals surface area (Å²) in [5.41, 5.74) is 0.768. The zero-order valence-corrected chi connectivity index (χ0v) is 29.1. The summed E-state index contributed by atoms with van der Waals surface area (Å²) in [5, 5.41) is 0.773. The molecule has 0 saturated heterocycles. The number of fused-ring (bicyclic) bond motifs is 1. The second-order valence-corrected chi connectivity index (χ2v) is 15.7. The minimum absolute atomic E-state index is 0.0327. The first-order chi connectivity index (χ1) is 20.6. The van der Waals surface area contributed by atoms with Crippen molar-refractivity contribution in [2.24, 2.45) is 16.7 Å². The minimum Gasteiger partial charge on any atom is -0.459 e. The molecule has 3 rings (SSSR count). The van der Waals surface area contributed by atoms with Crippen molar-refractivity contribution in [2.45, 2.75) is 132 Å². The molecule has 0 aliphatic carbocycles. The fraction of sp³-hybridized carbons (Fsp3) is 0.605. The van der Waals surface area contributed by atoms with E-state index < -0.39 is 22.8 Å². The molecule has 1 heterocycles. The van der Waals surface area contributed by atoms with Crippen LogP contribution in [-0.4, -0.2) is 17.9 Å². The Morgan fingerprint density at radius 2 is 1.53 bits per heavy atom. The fourth-order valence-electron chi connectivity index (χ4n) is 6.48. The second-order valence-electron chi connectivity index (χ2n) is 15.7. The molecule has 0 amide bonds. The van der Waals surface area contributed by atoms with Gasteiger partial charge in [-0.2, -0.15) is 0 Å². The van der Waals surface area contributed by atoms with E-state index >= 15 is 0 Å². The molecule has 2 aromatic carbocycles. The largest absolute Gasteiger partial charge is 0.573 e. The van der Waals surface area contributed by atoms with E-state index in [0.29, 0.717) is 30.6 Å². The van der Waals surface area contributed by atoms with Crippen molar-refractivity contribution in [1.82, 2.24) is 0 Å². The van der Waals surface area contributed by atoms with Crippen LogP contribution in [0.1, 0.15) is 119 Å². The van der Waals surface area contributed by atoms with E-state index in [-0.39, 0.29) is 28.6 Å². The Labute approximate surface area is 268 Å². The molecule has 1 atom stereocenters.